The zero-order valence-electron chi connectivity index (χ0n) is 37.9. The molecule has 12 rings (SSSR count). The highest BCUT2D eigenvalue weighted by atomic mass is 16.5. The van der Waals surface area contributed by atoms with Crippen LogP contribution in [0.5, 0.6) is 0 Å². The van der Waals surface area contributed by atoms with Gasteiger partial charge in [-0.05, 0) is 140 Å². The Bertz CT molecular complexity index is 2880. The molecule has 67 heavy (non-hydrogen) atoms. The Kier molecular flexibility index (Phi) is 13.2. The normalized spacial score (nSPS) is 17.8. The standard InChI is InChI=1S/C51H56N10O6/c1-66-50(64)58-40(6-3-22-52)48(62)60-24-4-7-44(60)46-54-38-19-17-34(28-42(38)56-46)36-26-30-9-13-32(36)14-10-31-12-16-33(15-11-30)37(27-31)35-18-20-39-43(29-35)57-47(55-39)45-8-5-25-61(45)49(63)41(21-23-53)59-51(65)67-2/h9,12-13,16-20,26-29,40-41,44-45H,3-8,10-11,14-15,21,23-25,53H2,1-2H3,(H,54,56)(H,55,57)(H,58,64)(H,59,65)/t40-,41-,44-,45-/m0/s1. The van der Waals surface area contributed by atoms with Crippen molar-refractivity contribution in [1.29, 1.82) is 5.26 Å². The van der Waals surface area contributed by atoms with Crippen LogP contribution in [0.15, 0.2) is 72.8 Å². The van der Waals surface area contributed by atoms with Gasteiger partial charge in [0.2, 0.25) is 11.8 Å². The molecule has 6 N–H and O–H groups in total. The van der Waals surface area contributed by atoms with Gasteiger partial charge in [-0.1, -0.05) is 48.5 Å². The molecule has 346 valence electrons. The lowest BCUT2D eigenvalue weighted by Crippen LogP contribution is -2.49. The van der Waals surface area contributed by atoms with Crippen LogP contribution >= 0.6 is 0 Å². The quantitative estimate of drug-likeness (QED) is 0.0839. The number of hydrogen-bond donors (Lipinski definition) is 5. The highest BCUT2D eigenvalue weighted by Gasteiger charge is 2.38. The minimum Gasteiger partial charge on any atom is -0.453 e. The zero-order chi connectivity index (χ0) is 46.6. The third-order valence-electron chi connectivity index (χ3n) is 13.6. The van der Waals surface area contributed by atoms with Gasteiger partial charge in [0.25, 0.3) is 0 Å². The number of alkyl carbamates (subject to hydrolysis) is 2. The van der Waals surface area contributed by atoms with Crippen LogP contribution in [0.1, 0.15) is 90.9 Å². The van der Waals surface area contributed by atoms with Crippen molar-refractivity contribution in [2.45, 2.75) is 94.8 Å². The average Bonchev–Trinajstić information content (AvgIpc) is 4.18. The van der Waals surface area contributed by atoms with Crippen LogP contribution in [0.2, 0.25) is 0 Å². The molecule has 2 fully saturated rings. The summed E-state index contributed by atoms with van der Waals surface area (Å²) in [6.07, 6.45) is 5.72. The number of aromatic amines is 2. The average molecular weight is 905 g/mol. The molecule has 4 bridgehead atoms. The van der Waals surface area contributed by atoms with Crippen LogP contribution in [0.25, 0.3) is 44.3 Å². The summed E-state index contributed by atoms with van der Waals surface area (Å²) in [6, 6.07) is 26.3. The van der Waals surface area contributed by atoms with E-state index in [0.717, 1.165) is 90.4 Å². The monoisotopic (exact) mass is 904 g/mol. The second-order valence-corrected chi connectivity index (χ2v) is 17.7. The van der Waals surface area contributed by atoms with Crippen molar-refractivity contribution in [2.75, 3.05) is 33.9 Å². The third-order valence-corrected chi connectivity index (χ3v) is 13.6. The number of hydrogen-bond acceptors (Lipinski definition) is 10. The number of imidazole rings is 2. The minimum absolute atomic E-state index is 0.124. The fraction of sp³-hybridized carbons (Fsp3) is 0.392. The van der Waals surface area contributed by atoms with E-state index in [4.69, 9.17) is 25.2 Å². The smallest absolute Gasteiger partial charge is 0.407 e. The summed E-state index contributed by atoms with van der Waals surface area (Å²) < 4.78 is 9.53. The van der Waals surface area contributed by atoms with Gasteiger partial charge in [0.15, 0.2) is 0 Å². The first-order chi connectivity index (χ1) is 32.6. The number of nitrogens with two attached hydrogens (primary N) is 1. The topological polar surface area (TPSA) is 224 Å². The first-order valence-corrected chi connectivity index (χ1v) is 23.2. The lowest BCUT2D eigenvalue weighted by Gasteiger charge is -2.28. The summed E-state index contributed by atoms with van der Waals surface area (Å²) in [5.41, 5.74) is 18.8. The number of methoxy groups -OCH3 is 2. The largest absolute Gasteiger partial charge is 0.453 e. The minimum atomic E-state index is -0.866. The number of ether oxygens (including phenoxy) is 2. The molecule has 0 saturated carbocycles. The van der Waals surface area contributed by atoms with E-state index in [-0.39, 0.29) is 43.3 Å². The van der Waals surface area contributed by atoms with Gasteiger partial charge in [-0.15, -0.1) is 0 Å². The number of aryl methyl sites for hydroxylation is 4. The summed E-state index contributed by atoms with van der Waals surface area (Å²) in [4.78, 5) is 72.2. The molecule has 2 aromatic heterocycles. The SMILES string of the molecule is COC(=O)N[C@@H](CCN)C(=O)N1CCC[C@H]1c1nc2cc(-c3cc4ccc3CCc3ccc(c(-c5ccc6[nH]c([C@@H]7CCCN7C(=O)[C@H](CCC#N)NC(=O)OC)nc6c5)c3)CC4)ccc2[nH]1. The number of aromatic nitrogens is 4. The molecule has 2 aliphatic heterocycles. The Labute approximate surface area is 388 Å². The summed E-state index contributed by atoms with van der Waals surface area (Å²) >= 11 is 0. The number of carbonyl (C=O) groups excluding carboxylic acids is 4. The van der Waals surface area contributed by atoms with Gasteiger partial charge in [-0.3, -0.25) is 9.59 Å². The molecule has 4 atom stereocenters. The second-order valence-electron chi connectivity index (χ2n) is 17.7. The Morgan fingerprint density at radius 2 is 1.18 bits per heavy atom. The maximum atomic E-state index is 13.8. The Morgan fingerprint density at radius 3 is 1.63 bits per heavy atom. The number of benzene rings is 4. The number of likely N-dealkylation sites (tertiary alicyclic amines) is 2. The lowest BCUT2D eigenvalue weighted by atomic mass is 9.87. The molecule has 0 unspecified atom stereocenters. The van der Waals surface area contributed by atoms with Crippen LogP contribution in [0, 0.1) is 11.3 Å². The van der Waals surface area contributed by atoms with Crippen molar-refractivity contribution in [1.82, 2.24) is 40.4 Å². The van der Waals surface area contributed by atoms with Gasteiger partial charge in [0.05, 0.1) is 54.4 Å². The molecule has 0 radical (unpaired) electrons. The van der Waals surface area contributed by atoms with Crippen LogP contribution in [0.3, 0.4) is 0 Å². The molecule has 0 spiro atoms. The van der Waals surface area contributed by atoms with Crippen LogP contribution in [-0.4, -0.2) is 99.7 Å². The predicted molar refractivity (Wildman–Crippen MR) is 252 cm³/mol. The van der Waals surface area contributed by atoms with Crippen molar-refractivity contribution < 1.29 is 28.7 Å². The van der Waals surface area contributed by atoms with Gasteiger partial charge >= 0.3 is 12.2 Å². The molecule has 4 heterocycles. The second kappa shape index (κ2) is 19.7. The van der Waals surface area contributed by atoms with Gasteiger partial charge in [0.1, 0.15) is 23.7 Å². The molecular formula is C51H56N10O6. The maximum Gasteiger partial charge on any atom is 0.407 e. The number of nitrogens with one attached hydrogen (secondary N) is 4. The first-order valence-electron chi connectivity index (χ1n) is 23.2. The van der Waals surface area contributed by atoms with Crippen LogP contribution in [0.4, 0.5) is 9.59 Å². The Hall–Kier alpha value is -7.25. The van der Waals surface area contributed by atoms with Crippen molar-refractivity contribution in [3.05, 3.63) is 107 Å². The third kappa shape index (κ3) is 9.42. The number of carbonyl (C=O) groups is 4. The van der Waals surface area contributed by atoms with E-state index in [2.05, 4.69) is 99.5 Å². The van der Waals surface area contributed by atoms with Gasteiger partial charge in [-0.2, -0.15) is 5.26 Å². The van der Waals surface area contributed by atoms with Crippen molar-refractivity contribution in [3.8, 4) is 28.3 Å². The fourth-order valence-electron chi connectivity index (χ4n) is 10.1. The van der Waals surface area contributed by atoms with E-state index in [9.17, 15) is 24.4 Å². The number of fused-ring (bicyclic) bond motifs is 2. The predicted octanol–water partition coefficient (Wildman–Crippen LogP) is 7.09. The summed E-state index contributed by atoms with van der Waals surface area (Å²) in [7, 11) is 2.53. The molecule has 4 amide bonds. The zero-order valence-corrected chi connectivity index (χ0v) is 37.9. The van der Waals surface area contributed by atoms with Crippen molar-refractivity contribution >= 4 is 46.1 Å². The number of rotatable bonds is 12. The molecule has 6 aromatic rings. The van der Waals surface area contributed by atoms with Gasteiger partial charge in [0, 0.05) is 19.5 Å². The molecule has 16 nitrogen and oxygen atoms in total. The molecular weight excluding hydrogens is 849 g/mol. The number of H-pyrrole nitrogens is 2. The van der Waals surface area contributed by atoms with E-state index in [1.165, 1.54) is 47.6 Å². The highest BCUT2D eigenvalue weighted by molar-refractivity contribution is 5.88. The molecule has 4 aromatic carbocycles. The van der Waals surface area contributed by atoms with Gasteiger partial charge < -0.3 is 45.6 Å². The van der Waals surface area contributed by atoms with Crippen LogP contribution < -0.4 is 16.4 Å². The van der Waals surface area contributed by atoms with Crippen molar-refractivity contribution in [3.63, 3.8) is 0 Å². The van der Waals surface area contributed by atoms with Crippen LogP contribution in [-0.2, 0) is 44.7 Å². The van der Waals surface area contributed by atoms with E-state index in [1.807, 2.05) is 0 Å². The molecule has 6 aliphatic rings. The first kappa shape index (κ1) is 44.9. The number of amides is 4. The Morgan fingerprint density at radius 1 is 0.701 bits per heavy atom. The summed E-state index contributed by atoms with van der Waals surface area (Å²) in [5.74, 6) is 0.988. The van der Waals surface area contributed by atoms with E-state index in [0.29, 0.717) is 25.3 Å². The van der Waals surface area contributed by atoms with E-state index >= 15 is 0 Å². The Balaban J connectivity index is 0.935. The fourth-order valence-corrected chi connectivity index (χ4v) is 10.1. The molecule has 16 heteroatoms. The molecule has 4 aliphatic carbocycles. The van der Waals surface area contributed by atoms with Gasteiger partial charge in [-0.25, -0.2) is 19.6 Å². The number of nitriles is 1. The lowest BCUT2D eigenvalue weighted by molar-refractivity contribution is -0.135. The maximum absolute atomic E-state index is 13.8. The van der Waals surface area contributed by atoms with E-state index in [1.54, 1.807) is 9.80 Å². The van der Waals surface area contributed by atoms with E-state index < -0.39 is 24.3 Å². The summed E-state index contributed by atoms with van der Waals surface area (Å²) in [5, 5.41) is 14.5. The highest BCUT2D eigenvalue weighted by Crippen LogP contribution is 2.37. The molecule has 2 saturated heterocycles. The van der Waals surface area contributed by atoms with Crippen molar-refractivity contribution in [2.24, 2.45) is 5.73 Å². The number of nitrogens with zero attached hydrogens (tertiary/aromatic N) is 5. The summed E-state index contributed by atoms with van der Waals surface area (Å²) in [6.45, 7) is 1.34.